The van der Waals surface area contributed by atoms with Crippen molar-refractivity contribution in [1.29, 1.82) is 0 Å². The number of halogens is 1. The number of nitrogens with zero attached hydrogens (tertiary/aromatic N) is 2. The zero-order chi connectivity index (χ0) is 24.6. The molecule has 35 heavy (non-hydrogen) atoms. The summed E-state index contributed by atoms with van der Waals surface area (Å²) >= 11 is 1.68. The van der Waals surface area contributed by atoms with Crippen LogP contribution in [0.2, 0.25) is 0 Å². The number of hydrogen-bond donors (Lipinski definition) is 0. The summed E-state index contributed by atoms with van der Waals surface area (Å²) in [5, 5.41) is 3.18. The highest BCUT2D eigenvalue weighted by Crippen LogP contribution is 2.32. The van der Waals surface area contributed by atoms with Gasteiger partial charge in [-0.2, -0.15) is 4.31 Å². The third kappa shape index (κ3) is 5.01. The number of carbonyl (C=O) groups excluding carboxylic acids is 1. The van der Waals surface area contributed by atoms with Crippen LogP contribution in [-0.2, 0) is 21.4 Å². The molecule has 0 unspecified atom stereocenters. The molecule has 1 atom stereocenters. The van der Waals surface area contributed by atoms with Gasteiger partial charge < -0.3 is 4.90 Å². The monoisotopic (exact) mass is 514 g/mol. The lowest BCUT2D eigenvalue weighted by molar-refractivity contribution is -0.138. The lowest BCUT2D eigenvalue weighted by atomic mass is 9.92. The Bertz CT molecular complexity index is 1300. The van der Waals surface area contributed by atoms with Gasteiger partial charge in [-0.3, -0.25) is 4.79 Å². The maximum atomic E-state index is 14.0. The van der Waals surface area contributed by atoms with Crippen LogP contribution >= 0.6 is 11.3 Å². The molecule has 1 saturated heterocycles. The van der Waals surface area contributed by atoms with E-state index in [2.05, 4.69) is 18.2 Å². The van der Waals surface area contributed by atoms with E-state index in [1.807, 2.05) is 23.3 Å². The average molecular weight is 515 g/mol. The molecular weight excluding hydrogens is 483 g/mol. The molecule has 3 aromatic rings. The van der Waals surface area contributed by atoms with Gasteiger partial charge in [0.05, 0.1) is 4.90 Å². The Labute approximate surface area is 210 Å². The molecular formula is C27H31FN2O3S2. The molecule has 5 rings (SSSR count). The minimum Gasteiger partial charge on any atom is -0.334 e. The first kappa shape index (κ1) is 24.4. The highest BCUT2D eigenvalue weighted by molar-refractivity contribution is 7.89. The molecule has 0 N–H and O–H groups in total. The van der Waals surface area contributed by atoms with Crippen LogP contribution in [0.3, 0.4) is 0 Å². The van der Waals surface area contributed by atoms with Gasteiger partial charge in [-0.05, 0) is 92.1 Å². The summed E-state index contributed by atoms with van der Waals surface area (Å²) in [6.45, 7) is 2.65. The zero-order valence-corrected chi connectivity index (χ0v) is 21.5. The summed E-state index contributed by atoms with van der Waals surface area (Å²) in [6, 6.07) is 14.2. The Morgan fingerprint density at radius 1 is 1.06 bits per heavy atom. The van der Waals surface area contributed by atoms with Crippen LogP contribution in [0.1, 0.15) is 49.7 Å². The molecule has 5 nitrogen and oxygen atoms in total. The molecule has 1 amide bonds. The highest BCUT2D eigenvalue weighted by Gasteiger charge is 2.43. The Morgan fingerprint density at radius 2 is 1.80 bits per heavy atom. The van der Waals surface area contributed by atoms with Crippen LogP contribution in [0, 0.1) is 6.92 Å². The number of benzene rings is 2. The molecule has 1 aliphatic carbocycles. The summed E-state index contributed by atoms with van der Waals surface area (Å²) in [7, 11) is -3.79. The highest BCUT2D eigenvalue weighted by atomic mass is 32.2. The number of amides is 1. The normalized spacial score (nSPS) is 23.5. The van der Waals surface area contributed by atoms with Crippen LogP contribution in [-0.4, -0.2) is 48.3 Å². The maximum Gasteiger partial charge on any atom is 0.243 e. The van der Waals surface area contributed by atoms with Crippen LogP contribution in [0.25, 0.3) is 10.1 Å². The van der Waals surface area contributed by atoms with Crippen molar-refractivity contribution in [2.75, 3.05) is 6.54 Å². The van der Waals surface area contributed by atoms with Crippen molar-refractivity contribution in [2.45, 2.75) is 75.1 Å². The summed E-state index contributed by atoms with van der Waals surface area (Å²) in [4.78, 5) is 16.1. The number of carbonyl (C=O) groups is 1. The van der Waals surface area contributed by atoms with Crippen LogP contribution in [0.15, 0.2) is 58.8 Å². The fourth-order valence-corrected chi connectivity index (χ4v) is 7.78. The van der Waals surface area contributed by atoms with Gasteiger partial charge in [0.15, 0.2) is 0 Å². The smallest absolute Gasteiger partial charge is 0.243 e. The lowest BCUT2D eigenvalue weighted by Crippen LogP contribution is -2.51. The molecule has 0 spiro atoms. The fraction of sp³-hybridized carbons (Fsp3) is 0.444. The Hall–Kier alpha value is -2.29. The predicted molar refractivity (Wildman–Crippen MR) is 138 cm³/mol. The van der Waals surface area contributed by atoms with Gasteiger partial charge in [0.1, 0.15) is 12.2 Å². The molecule has 8 heteroatoms. The predicted octanol–water partition coefficient (Wildman–Crippen LogP) is 5.67. The summed E-state index contributed by atoms with van der Waals surface area (Å²) in [6.07, 6.45) is 2.41. The van der Waals surface area contributed by atoms with Crippen molar-refractivity contribution in [1.82, 2.24) is 9.21 Å². The van der Waals surface area contributed by atoms with Crippen molar-refractivity contribution in [3.05, 3.63) is 65.0 Å². The van der Waals surface area contributed by atoms with E-state index in [-0.39, 0.29) is 16.8 Å². The SMILES string of the molecule is Cc1ccc(S(=O)(=O)N2CCC[C@H]2C(=O)N(Cc2ccc3sccc3c2)C2CCC(F)CC2)cc1. The minimum atomic E-state index is -3.79. The van der Waals surface area contributed by atoms with Gasteiger partial charge in [-0.15, -0.1) is 11.3 Å². The Morgan fingerprint density at radius 3 is 2.54 bits per heavy atom. The standard InChI is InChI=1S/C27H31FN2O3S2/c1-19-4-11-24(12-5-19)35(32,33)30-15-2-3-25(30)27(31)29(23-9-7-22(28)8-10-23)18-20-6-13-26-21(17-20)14-16-34-26/h4-6,11-14,16-17,22-23,25H,2-3,7-10,15,18H2,1H3/t22?,23?,25-/m0/s1. The van der Waals surface area contributed by atoms with Crippen LogP contribution in [0.4, 0.5) is 4.39 Å². The average Bonchev–Trinajstić information content (AvgIpc) is 3.53. The number of thiophene rings is 1. The van der Waals surface area contributed by atoms with Crippen LogP contribution < -0.4 is 0 Å². The first-order valence-electron chi connectivity index (χ1n) is 12.3. The van der Waals surface area contributed by atoms with E-state index < -0.39 is 22.2 Å². The first-order valence-corrected chi connectivity index (χ1v) is 14.6. The molecule has 186 valence electrons. The molecule has 1 saturated carbocycles. The summed E-state index contributed by atoms with van der Waals surface area (Å²) < 4.78 is 43.5. The number of fused-ring (bicyclic) bond motifs is 1. The molecule has 0 bridgehead atoms. The largest absolute Gasteiger partial charge is 0.334 e. The van der Waals surface area contributed by atoms with Gasteiger partial charge >= 0.3 is 0 Å². The fourth-order valence-electron chi connectivity index (χ4n) is 5.36. The number of rotatable bonds is 6. The molecule has 2 heterocycles. The second-order valence-electron chi connectivity index (χ2n) is 9.75. The Kier molecular flexibility index (Phi) is 6.97. The van der Waals surface area contributed by atoms with Gasteiger partial charge in [-0.1, -0.05) is 23.8 Å². The zero-order valence-electron chi connectivity index (χ0n) is 19.9. The van der Waals surface area contributed by atoms with Gasteiger partial charge in [0, 0.05) is 23.8 Å². The van der Waals surface area contributed by atoms with Crippen molar-refractivity contribution in [2.24, 2.45) is 0 Å². The van der Waals surface area contributed by atoms with Crippen molar-refractivity contribution >= 4 is 37.4 Å². The summed E-state index contributed by atoms with van der Waals surface area (Å²) in [5.41, 5.74) is 1.99. The van der Waals surface area contributed by atoms with Crippen molar-refractivity contribution in [3.63, 3.8) is 0 Å². The third-order valence-corrected chi connectivity index (χ3v) is 10.2. The van der Waals surface area contributed by atoms with E-state index in [4.69, 9.17) is 0 Å². The lowest BCUT2D eigenvalue weighted by Gasteiger charge is -2.38. The van der Waals surface area contributed by atoms with Crippen molar-refractivity contribution < 1.29 is 17.6 Å². The molecule has 0 radical (unpaired) electrons. The second kappa shape index (κ2) is 9.99. The third-order valence-electron chi connectivity index (χ3n) is 7.34. The molecule has 1 aliphatic heterocycles. The van der Waals surface area contributed by atoms with E-state index >= 15 is 0 Å². The summed E-state index contributed by atoms with van der Waals surface area (Å²) in [5.74, 6) is -0.161. The number of alkyl halides is 1. The van der Waals surface area contributed by atoms with Gasteiger partial charge in [0.25, 0.3) is 0 Å². The van der Waals surface area contributed by atoms with E-state index in [0.717, 1.165) is 16.5 Å². The van der Waals surface area contributed by atoms with E-state index in [9.17, 15) is 17.6 Å². The number of hydrogen-bond acceptors (Lipinski definition) is 4. The Balaban J connectivity index is 1.44. The van der Waals surface area contributed by atoms with Crippen molar-refractivity contribution in [3.8, 4) is 0 Å². The topological polar surface area (TPSA) is 57.7 Å². The molecule has 2 aromatic carbocycles. The first-order chi connectivity index (χ1) is 16.8. The second-order valence-corrected chi connectivity index (χ2v) is 12.6. The van der Waals surface area contributed by atoms with E-state index in [0.29, 0.717) is 51.6 Å². The van der Waals surface area contributed by atoms with Gasteiger partial charge in [-0.25, -0.2) is 12.8 Å². The van der Waals surface area contributed by atoms with Crippen LogP contribution in [0.5, 0.6) is 0 Å². The minimum absolute atomic E-state index is 0.0859. The molecule has 1 aromatic heterocycles. The van der Waals surface area contributed by atoms with Gasteiger partial charge in [0.2, 0.25) is 15.9 Å². The number of sulfonamides is 1. The van der Waals surface area contributed by atoms with E-state index in [1.54, 1.807) is 35.6 Å². The van der Waals surface area contributed by atoms with E-state index in [1.165, 1.54) is 9.01 Å². The quantitative estimate of drug-likeness (QED) is 0.426. The molecule has 2 fully saturated rings. The molecule has 2 aliphatic rings. The number of aryl methyl sites for hydroxylation is 1. The maximum absolute atomic E-state index is 14.0.